The van der Waals surface area contributed by atoms with E-state index in [0.717, 1.165) is 31.6 Å². The van der Waals surface area contributed by atoms with Crippen LogP contribution in [0.1, 0.15) is 30.5 Å². The molecule has 0 radical (unpaired) electrons. The maximum Gasteiger partial charge on any atom is 0.416 e. The molecule has 2 nitrogen and oxygen atoms in total. The van der Waals surface area contributed by atoms with E-state index in [2.05, 4.69) is 18.2 Å². The van der Waals surface area contributed by atoms with Gasteiger partial charge in [0.15, 0.2) is 0 Å². The van der Waals surface area contributed by atoms with Crippen molar-refractivity contribution >= 4 is 11.9 Å². The van der Waals surface area contributed by atoms with Gasteiger partial charge in [-0.05, 0) is 53.9 Å². The highest BCUT2D eigenvalue weighted by molar-refractivity contribution is 7.97. The van der Waals surface area contributed by atoms with Gasteiger partial charge in [-0.1, -0.05) is 31.9 Å². The SMILES string of the molecule is CC(C)SN1CCc2ccc(Oc3ccc(C(F)(F)F)cc3)cc2C1. The van der Waals surface area contributed by atoms with Gasteiger partial charge in [-0.15, -0.1) is 0 Å². The van der Waals surface area contributed by atoms with E-state index in [1.807, 2.05) is 30.1 Å². The second-order valence-corrected chi connectivity index (χ2v) is 7.99. The predicted octanol–water partition coefficient (Wildman–Crippen LogP) is 5.91. The number of alkyl halides is 3. The van der Waals surface area contributed by atoms with Gasteiger partial charge in [-0.2, -0.15) is 13.2 Å². The highest BCUT2D eigenvalue weighted by Gasteiger charge is 2.30. The lowest BCUT2D eigenvalue weighted by molar-refractivity contribution is -0.137. The molecule has 25 heavy (non-hydrogen) atoms. The number of nitrogens with zero attached hydrogens (tertiary/aromatic N) is 1. The number of rotatable bonds is 4. The minimum Gasteiger partial charge on any atom is -0.457 e. The molecular formula is C19H20F3NOS. The molecule has 0 fully saturated rings. The lowest BCUT2D eigenvalue weighted by Crippen LogP contribution is -2.26. The molecule has 0 atom stereocenters. The van der Waals surface area contributed by atoms with E-state index in [-0.39, 0.29) is 0 Å². The van der Waals surface area contributed by atoms with Gasteiger partial charge in [0, 0.05) is 18.3 Å². The summed E-state index contributed by atoms with van der Waals surface area (Å²) in [6.07, 6.45) is -3.34. The third kappa shape index (κ3) is 4.70. The third-order valence-corrected chi connectivity index (χ3v) is 4.96. The van der Waals surface area contributed by atoms with Crippen molar-refractivity contribution in [2.45, 2.75) is 38.2 Å². The molecule has 2 aromatic rings. The lowest BCUT2D eigenvalue weighted by atomic mass is 10.0. The van der Waals surface area contributed by atoms with E-state index in [4.69, 9.17) is 4.74 Å². The second kappa shape index (κ2) is 7.30. The molecule has 2 aromatic carbocycles. The Morgan fingerprint density at radius 3 is 2.32 bits per heavy atom. The molecule has 3 rings (SSSR count). The first-order chi connectivity index (χ1) is 11.8. The Balaban J connectivity index is 1.72. The van der Waals surface area contributed by atoms with E-state index in [9.17, 15) is 13.2 Å². The van der Waals surface area contributed by atoms with E-state index >= 15 is 0 Å². The van der Waals surface area contributed by atoms with Crippen LogP contribution in [0.25, 0.3) is 0 Å². The molecule has 0 bridgehead atoms. The highest BCUT2D eigenvalue weighted by atomic mass is 32.2. The van der Waals surface area contributed by atoms with Gasteiger partial charge in [0.25, 0.3) is 0 Å². The van der Waals surface area contributed by atoms with Gasteiger partial charge in [0.1, 0.15) is 11.5 Å². The fraction of sp³-hybridized carbons (Fsp3) is 0.368. The van der Waals surface area contributed by atoms with E-state index < -0.39 is 11.7 Å². The zero-order chi connectivity index (χ0) is 18.0. The largest absolute Gasteiger partial charge is 0.457 e. The van der Waals surface area contributed by atoms with Gasteiger partial charge in [0.05, 0.1) is 5.56 Å². The van der Waals surface area contributed by atoms with E-state index in [1.54, 1.807) is 0 Å². The van der Waals surface area contributed by atoms with Gasteiger partial charge in [-0.25, -0.2) is 4.31 Å². The molecule has 134 valence electrons. The maximum absolute atomic E-state index is 12.6. The van der Waals surface area contributed by atoms with E-state index in [1.165, 1.54) is 23.3 Å². The summed E-state index contributed by atoms with van der Waals surface area (Å²) in [4.78, 5) is 0. The average molecular weight is 367 g/mol. The topological polar surface area (TPSA) is 12.5 Å². The summed E-state index contributed by atoms with van der Waals surface area (Å²) < 4.78 is 45.9. The molecule has 0 saturated heterocycles. The molecule has 1 heterocycles. The van der Waals surface area contributed by atoms with Crippen molar-refractivity contribution in [2.24, 2.45) is 0 Å². The molecule has 6 heteroatoms. The van der Waals surface area contributed by atoms with Crippen molar-refractivity contribution in [1.82, 2.24) is 4.31 Å². The molecule has 0 saturated carbocycles. The van der Waals surface area contributed by atoms with Crippen LogP contribution >= 0.6 is 11.9 Å². The molecule has 0 aliphatic carbocycles. The molecule has 0 aromatic heterocycles. The van der Waals surface area contributed by atoms with Gasteiger partial charge in [-0.3, -0.25) is 0 Å². The zero-order valence-corrected chi connectivity index (χ0v) is 15.0. The summed E-state index contributed by atoms with van der Waals surface area (Å²) in [6, 6.07) is 10.7. The Labute approximate surface area is 150 Å². The first-order valence-corrected chi connectivity index (χ1v) is 9.03. The summed E-state index contributed by atoms with van der Waals surface area (Å²) in [6.45, 7) is 6.21. The van der Waals surface area contributed by atoms with Crippen molar-refractivity contribution in [1.29, 1.82) is 0 Å². The summed E-state index contributed by atoms with van der Waals surface area (Å²) in [5, 5.41) is 0.535. The fourth-order valence-corrected chi connectivity index (χ4v) is 3.81. The van der Waals surface area contributed by atoms with Crippen molar-refractivity contribution < 1.29 is 17.9 Å². The first-order valence-electron chi connectivity index (χ1n) is 8.20. The quantitative estimate of drug-likeness (QED) is 0.623. The third-order valence-electron chi connectivity index (χ3n) is 3.93. The Morgan fingerprint density at radius 2 is 1.68 bits per heavy atom. The van der Waals surface area contributed by atoms with Gasteiger partial charge in [0.2, 0.25) is 0 Å². The smallest absolute Gasteiger partial charge is 0.416 e. The first kappa shape index (κ1) is 18.1. The number of fused-ring (bicyclic) bond motifs is 1. The molecule has 1 aliphatic heterocycles. The molecule has 0 unspecified atom stereocenters. The van der Waals surface area contributed by atoms with Crippen molar-refractivity contribution in [3.63, 3.8) is 0 Å². The number of hydrogen-bond acceptors (Lipinski definition) is 3. The van der Waals surface area contributed by atoms with Crippen LogP contribution in [-0.2, 0) is 19.1 Å². The van der Waals surface area contributed by atoms with Crippen LogP contribution in [0.2, 0.25) is 0 Å². The Morgan fingerprint density at radius 1 is 1.00 bits per heavy atom. The second-order valence-electron chi connectivity index (χ2n) is 6.32. The Kier molecular flexibility index (Phi) is 5.29. The summed E-state index contributed by atoms with van der Waals surface area (Å²) in [5.41, 5.74) is 1.84. The zero-order valence-electron chi connectivity index (χ0n) is 14.1. The van der Waals surface area contributed by atoms with Crippen molar-refractivity contribution in [3.8, 4) is 11.5 Å². The van der Waals surface area contributed by atoms with Crippen LogP contribution in [0.4, 0.5) is 13.2 Å². The number of ether oxygens (including phenoxy) is 1. The van der Waals surface area contributed by atoms with Crippen LogP contribution in [0, 0.1) is 0 Å². The molecule has 0 amide bonds. The van der Waals surface area contributed by atoms with Crippen LogP contribution in [0.3, 0.4) is 0 Å². The summed E-state index contributed by atoms with van der Waals surface area (Å²) in [7, 11) is 0. The van der Waals surface area contributed by atoms with Crippen LogP contribution in [-0.4, -0.2) is 16.1 Å². The molecular weight excluding hydrogens is 347 g/mol. The van der Waals surface area contributed by atoms with Crippen LogP contribution < -0.4 is 4.74 Å². The monoisotopic (exact) mass is 367 g/mol. The summed E-state index contributed by atoms with van der Waals surface area (Å²) >= 11 is 1.84. The lowest BCUT2D eigenvalue weighted by Gasteiger charge is -2.29. The molecule has 0 spiro atoms. The van der Waals surface area contributed by atoms with Crippen LogP contribution in [0.5, 0.6) is 11.5 Å². The minimum atomic E-state index is -4.33. The van der Waals surface area contributed by atoms with Crippen LogP contribution in [0.15, 0.2) is 42.5 Å². The molecule has 0 N–H and O–H groups in total. The van der Waals surface area contributed by atoms with Crippen molar-refractivity contribution in [2.75, 3.05) is 6.54 Å². The summed E-state index contributed by atoms with van der Waals surface area (Å²) in [5.74, 6) is 1.05. The Hall–Kier alpha value is -1.66. The van der Waals surface area contributed by atoms with Crippen molar-refractivity contribution in [3.05, 3.63) is 59.2 Å². The normalized spacial score (nSPS) is 15.3. The maximum atomic E-state index is 12.6. The van der Waals surface area contributed by atoms with Gasteiger partial charge < -0.3 is 4.74 Å². The standard InChI is InChI=1S/C19H20F3NOS/c1-13(2)25-23-10-9-14-3-6-18(11-15(14)12-23)24-17-7-4-16(5-8-17)19(20,21)22/h3-8,11,13H,9-10,12H2,1-2H3. The molecule has 1 aliphatic rings. The average Bonchev–Trinajstić information content (AvgIpc) is 2.53. The minimum absolute atomic E-state index is 0.400. The fourth-order valence-electron chi connectivity index (χ4n) is 2.81. The van der Waals surface area contributed by atoms with E-state index in [0.29, 0.717) is 16.7 Å². The number of benzene rings is 2. The predicted molar refractivity (Wildman–Crippen MR) is 94.8 cm³/mol. The van der Waals surface area contributed by atoms with Gasteiger partial charge >= 0.3 is 6.18 Å². The number of hydrogen-bond donors (Lipinski definition) is 0. The Bertz CT molecular complexity index is 728. The number of halogens is 3. The highest BCUT2D eigenvalue weighted by Crippen LogP contribution is 2.33.